The number of benzene rings is 4. The molecule has 43 heavy (non-hydrogen) atoms. The third-order valence-corrected chi connectivity index (χ3v) is 9.23. The zero-order chi connectivity index (χ0) is 29.5. The van der Waals surface area contributed by atoms with Gasteiger partial charge in [0.1, 0.15) is 18.7 Å². The van der Waals surface area contributed by atoms with E-state index in [-0.39, 0.29) is 24.5 Å². The Bertz CT molecular complexity index is 1410. The summed E-state index contributed by atoms with van der Waals surface area (Å²) >= 11 is 0. The van der Waals surface area contributed by atoms with Gasteiger partial charge in [0.15, 0.2) is 0 Å². The molecule has 220 valence electrons. The standard InChI is InChI=1S/C37H39N3O3/c41-34(28-40-35(42)43-29-37(40,32-18-9-3-10-19-32)33-20-11-4-12-21-33)38-24-13-25-39-26-22-36(23-27-39,30-14-5-1-6-15-30)31-16-7-2-8-17-31/h1-12,14-21H,13,22-29H2,(H,38,41). The van der Waals surface area contributed by atoms with Gasteiger partial charge in [0.05, 0.1) is 0 Å². The van der Waals surface area contributed by atoms with E-state index >= 15 is 0 Å². The van der Waals surface area contributed by atoms with Crippen molar-refractivity contribution in [1.29, 1.82) is 0 Å². The van der Waals surface area contributed by atoms with Crippen LogP contribution in [0, 0.1) is 0 Å². The fourth-order valence-electron chi connectivity index (χ4n) is 6.90. The Kier molecular flexibility index (Phi) is 8.57. The summed E-state index contributed by atoms with van der Waals surface area (Å²) in [5, 5.41) is 3.06. The molecule has 6 nitrogen and oxygen atoms in total. The van der Waals surface area contributed by atoms with Gasteiger partial charge in [-0.2, -0.15) is 0 Å². The summed E-state index contributed by atoms with van der Waals surface area (Å²) in [4.78, 5) is 30.2. The summed E-state index contributed by atoms with van der Waals surface area (Å²) in [6.07, 6.45) is 2.50. The Morgan fingerprint density at radius 3 is 1.65 bits per heavy atom. The zero-order valence-corrected chi connectivity index (χ0v) is 24.5. The first-order valence-electron chi connectivity index (χ1n) is 15.3. The van der Waals surface area contributed by atoms with Crippen LogP contribution in [0.15, 0.2) is 121 Å². The van der Waals surface area contributed by atoms with Gasteiger partial charge in [0.25, 0.3) is 0 Å². The zero-order valence-electron chi connectivity index (χ0n) is 24.5. The lowest BCUT2D eigenvalue weighted by Crippen LogP contribution is -2.50. The number of carbonyl (C=O) groups excluding carboxylic acids is 2. The van der Waals surface area contributed by atoms with Crippen molar-refractivity contribution in [1.82, 2.24) is 15.1 Å². The SMILES string of the molecule is O=C(CN1C(=O)OCC1(c1ccccc1)c1ccccc1)NCCCN1CCC(c2ccccc2)(c2ccccc2)CC1. The summed E-state index contributed by atoms with van der Waals surface area (Å²) in [6.45, 7) is 3.59. The van der Waals surface area contributed by atoms with E-state index in [1.807, 2.05) is 60.7 Å². The van der Waals surface area contributed by atoms with Crippen molar-refractivity contribution in [2.45, 2.75) is 30.2 Å². The molecule has 0 saturated carbocycles. The third-order valence-electron chi connectivity index (χ3n) is 9.23. The molecule has 0 radical (unpaired) electrons. The minimum Gasteiger partial charge on any atom is -0.446 e. The molecule has 2 saturated heterocycles. The Morgan fingerprint density at radius 1 is 0.698 bits per heavy atom. The molecule has 6 rings (SSSR count). The molecule has 0 spiro atoms. The second kappa shape index (κ2) is 12.8. The van der Waals surface area contributed by atoms with E-state index in [1.54, 1.807) is 4.90 Å². The van der Waals surface area contributed by atoms with Crippen molar-refractivity contribution >= 4 is 12.0 Å². The van der Waals surface area contributed by atoms with Crippen LogP contribution in [0.4, 0.5) is 4.79 Å². The van der Waals surface area contributed by atoms with E-state index in [1.165, 1.54) is 11.1 Å². The Morgan fingerprint density at radius 2 is 1.16 bits per heavy atom. The van der Waals surface area contributed by atoms with Crippen LogP contribution in [0.2, 0.25) is 0 Å². The Labute approximate surface area is 254 Å². The Hall–Kier alpha value is -4.42. The number of amides is 2. The lowest BCUT2D eigenvalue weighted by molar-refractivity contribution is -0.122. The second-order valence-electron chi connectivity index (χ2n) is 11.6. The van der Waals surface area contributed by atoms with Crippen molar-refractivity contribution in [3.05, 3.63) is 144 Å². The van der Waals surface area contributed by atoms with Crippen molar-refractivity contribution in [2.75, 3.05) is 39.3 Å². The molecule has 0 aliphatic carbocycles. The number of carbonyl (C=O) groups is 2. The smallest absolute Gasteiger partial charge is 0.411 e. The molecule has 2 fully saturated rings. The first kappa shape index (κ1) is 28.7. The second-order valence-corrected chi connectivity index (χ2v) is 11.6. The molecule has 6 heteroatoms. The number of hydrogen-bond acceptors (Lipinski definition) is 4. The first-order valence-corrected chi connectivity index (χ1v) is 15.3. The maximum Gasteiger partial charge on any atom is 0.411 e. The van der Waals surface area contributed by atoms with Gasteiger partial charge in [-0.15, -0.1) is 0 Å². The predicted octanol–water partition coefficient (Wildman–Crippen LogP) is 5.97. The summed E-state index contributed by atoms with van der Waals surface area (Å²) < 4.78 is 5.58. The quantitative estimate of drug-likeness (QED) is 0.238. The Balaban J connectivity index is 1.05. The average molecular weight is 574 g/mol. The van der Waals surface area contributed by atoms with Crippen LogP contribution in [-0.4, -0.2) is 61.1 Å². The van der Waals surface area contributed by atoms with Gasteiger partial charge in [-0.25, -0.2) is 4.79 Å². The van der Waals surface area contributed by atoms with Crippen molar-refractivity contribution in [3.8, 4) is 0 Å². The maximum atomic E-state index is 13.2. The molecule has 0 aromatic heterocycles. The third kappa shape index (κ3) is 5.80. The largest absolute Gasteiger partial charge is 0.446 e. The fourth-order valence-corrected chi connectivity index (χ4v) is 6.90. The van der Waals surface area contributed by atoms with Crippen molar-refractivity contribution < 1.29 is 14.3 Å². The number of piperidine rings is 1. The minimum absolute atomic E-state index is 0.0293. The van der Waals surface area contributed by atoms with Gasteiger partial charge in [0.2, 0.25) is 5.91 Å². The highest BCUT2D eigenvalue weighted by Gasteiger charge is 2.50. The van der Waals surface area contributed by atoms with E-state index in [4.69, 9.17) is 4.74 Å². The number of hydrogen-bond donors (Lipinski definition) is 1. The molecule has 0 bridgehead atoms. The molecular weight excluding hydrogens is 534 g/mol. The van der Waals surface area contributed by atoms with Crippen LogP contribution in [-0.2, 0) is 20.5 Å². The van der Waals surface area contributed by atoms with Crippen LogP contribution < -0.4 is 5.32 Å². The predicted molar refractivity (Wildman–Crippen MR) is 169 cm³/mol. The minimum atomic E-state index is -0.852. The monoisotopic (exact) mass is 573 g/mol. The van der Waals surface area contributed by atoms with Gasteiger partial charge < -0.3 is 15.0 Å². The highest BCUT2D eigenvalue weighted by molar-refractivity contribution is 5.84. The van der Waals surface area contributed by atoms with E-state index in [2.05, 4.69) is 70.9 Å². The van der Waals surface area contributed by atoms with Crippen LogP contribution in [0.3, 0.4) is 0 Å². The molecule has 2 heterocycles. The number of nitrogens with one attached hydrogen (secondary N) is 1. The van der Waals surface area contributed by atoms with Gasteiger partial charge in [-0.05, 0) is 61.2 Å². The summed E-state index contributed by atoms with van der Waals surface area (Å²) in [5.41, 5.74) is 3.79. The lowest BCUT2D eigenvalue weighted by Gasteiger charge is -2.43. The molecule has 4 aromatic rings. The lowest BCUT2D eigenvalue weighted by atomic mass is 9.68. The number of nitrogens with zero attached hydrogens (tertiary/aromatic N) is 2. The van der Waals surface area contributed by atoms with Gasteiger partial charge in [-0.3, -0.25) is 9.69 Å². The molecule has 2 amide bonds. The molecule has 0 unspecified atom stereocenters. The van der Waals surface area contributed by atoms with Crippen LogP contribution >= 0.6 is 0 Å². The fraction of sp³-hybridized carbons (Fsp3) is 0.297. The molecule has 2 aliphatic rings. The van der Waals surface area contributed by atoms with E-state index < -0.39 is 11.6 Å². The average Bonchev–Trinajstić information content (AvgIpc) is 3.41. The van der Waals surface area contributed by atoms with Crippen LogP contribution in [0.25, 0.3) is 0 Å². The molecule has 4 aromatic carbocycles. The number of ether oxygens (including phenoxy) is 1. The van der Waals surface area contributed by atoms with Gasteiger partial charge >= 0.3 is 6.09 Å². The number of rotatable bonds is 10. The molecule has 2 aliphatic heterocycles. The van der Waals surface area contributed by atoms with Gasteiger partial charge in [0, 0.05) is 12.0 Å². The topological polar surface area (TPSA) is 61.9 Å². The highest BCUT2D eigenvalue weighted by Crippen LogP contribution is 2.42. The highest BCUT2D eigenvalue weighted by atomic mass is 16.6. The van der Waals surface area contributed by atoms with Gasteiger partial charge in [-0.1, -0.05) is 121 Å². The van der Waals surface area contributed by atoms with E-state index in [0.717, 1.165) is 50.0 Å². The van der Waals surface area contributed by atoms with Crippen LogP contribution in [0.5, 0.6) is 0 Å². The maximum absolute atomic E-state index is 13.2. The summed E-state index contributed by atoms with van der Waals surface area (Å²) in [6, 6.07) is 41.4. The summed E-state index contributed by atoms with van der Waals surface area (Å²) in [5.74, 6) is -0.180. The molecular formula is C37H39N3O3. The normalized spacial score (nSPS) is 17.8. The molecule has 1 N–H and O–H groups in total. The van der Waals surface area contributed by atoms with Crippen molar-refractivity contribution in [3.63, 3.8) is 0 Å². The molecule has 0 atom stereocenters. The first-order chi connectivity index (χ1) is 21.1. The van der Waals surface area contributed by atoms with Crippen LogP contribution in [0.1, 0.15) is 41.5 Å². The summed E-state index contributed by atoms with van der Waals surface area (Å²) in [7, 11) is 0. The van der Waals surface area contributed by atoms with Crippen molar-refractivity contribution in [2.24, 2.45) is 0 Å². The van der Waals surface area contributed by atoms with E-state index in [0.29, 0.717) is 6.54 Å². The van der Waals surface area contributed by atoms with E-state index in [9.17, 15) is 9.59 Å². The number of likely N-dealkylation sites (tertiary alicyclic amines) is 1. The number of cyclic esters (lactones) is 1.